The van der Waals surface area contributed by atoms with E-state index in [1.165, 1.54) is 63.5 Å². The summed E-state index contributed by atoms with van der Waals surface area (Å²) >= 11 is 0. The number of alkyl carbamates (subject to hydrolysis) is 2. The van der Waals surface area contributed by atoms with E-state index in [1.54, 1.807) is 35.8 Å². The van der Waals surface area contributed by atoms with Crippen molar-refractivity contribution in [3.05, 3.63) is 160 Å². The van der Waals surface area contributed by atoms with Crippen molar-refractivity contribution in [3.63, 3.8) is 0 Å². The van der Waals surface area contributed by atoms with E-state index in [-0.39, 0.29) is 33.4 Å². The minimum absolute atomic E-state index is 0.0841. The Labute approximate surface area is 670 Å². The lowest BCUT2D eigenvalue weighted by Gasteiger charge is -2.47. The summed E-state index contributed by atoms with van der Waals surface area (Å²) in [5.74, 6) is -4.17. The maximum absolute atomic E-state index is 17.0. The fraction of sp³-hybridized carbons (Fsp3) is 0.462. The molecule has 7 aromatic rings. The summed E-state index contributed by atoms with van der Waals surface area (Å²) in [6.07, 6.45) is -11.5. The molecule has 3 saturated heterocycles. The number of H-pyrrole nitrogens is 1. The van der Waals surface area contributed by atoms with Crippen molar-refractivity contribution in [2.45, 2.75) is 166 Å². The molecule has 5 amide bonds. The number of carbonyl (C=O) groups excluding carboxylic acids is 7. The predicted octanol–water partition coefficient (Wildman–Crippen LogP) is 9.64. The number of esters is 2. The Morgan fingerprint density at radius 3 is 1.87 bits per heavy atom. The van der Waals surface area contributed by atoms with Crippen LogP contribution in [0.2, 0.25) is 0 Å². The van der Waals surface area contributed by atoms with Crippen molar-refractivity contribution in [2.24, 2.45) is 10.8 Å². The van der Waals surface area contributed by atoms with Crippen molar-refractivity contribution in [1.29, 1.82) is 0 Å². The lowest BCUT2D eigenvalue weighted by molar-refractivity contribution is -0.221. The number of hydrogen-bond acceptors (Lipinski definition) is 20. The second-order valence-corrected chi connectivity index (χ2v) is 31.8. The van der Waals surface area contributed by atoms with Crippen LogP contribution in [0.25, 0.3) is 22.2 Å². The fourth-order valence-corrected chi connectivity index (χ4v) is 14.9. The van der Waals surface area contributed by atoms with Gasteiger partial charge in [0.25, 0.3) is 5.91 Å². The van der Waals surface area contributed by atoms with E-state index in [0.29, 0.717) is 123 Å². The summed E-state index contributed by atoms with van der Waals surface area (Å²) in [5.41, 5.74) is -6.61. The third kappa shape index (κ3) is 21.5. The van der Waals surface area contributed by atoms with E-state index in [1.807, 2.05) is 5.32 Å². The molecule has 0 saturated carbocycles. The number of phosphoric ester groups is 1. The number of hydrogen-bond donors (Lipinski definition) is 8. The predicted molar refractivity (Wildman–Crippen MR) is 402 cm³/mol. The smallest absolute Gasteiger partial charge is 0.467 e. The molecule has 6 heterocycles. The summed E-state index contributed by atoms with van der Waals surface area (Å²) in [6.45, 7) is 2.81. The summed E-state index contributed by atoms with van der Waals surface area (Å²) < 4.78 is 198. The number of phosphoric acid groups is 1. The van der Waals surface area contributed by atoms with Gasteiger partial charge in [0.1, 0.15) is 41.6 Å². The van der Waals surface area contributed by atoms with Crippen LogP contribution in [-0.4, -0.2) is 201 Å². The molecule has 0 aliphatic carbocycles. The van der Waals surface area contributed by atoms with E-state index in [2.05, 4.69) is 67.2 Å². The van der Waals surface area contributed by atoms with Gasteiger partial charge in [-0.05, 0) is 119 Å². The maximum atomic E-state index is 17.0. The third-order valence-electron chi connectivity index (χ3n) is 21.0. The number of nitrogens with one attached hydrogen (secondary N) is 6. The standard InChI is InChI=1S/C78H88F10N13O16P/c1-42-25-47(31-62(102)92-59(69(106)112-8)30-48-35-89-57-14-12-11-13-52(48)57)64(60(26-42)117-118(109,110)111)74(2,3)32-63(103)116-61(39-99(97-68(105)66(95-73(108)114-10)76(6,7)78(86,87)88)38-53-54(79)28-46(29-55(53)80)56-23-24-100(96-56)70(81)82)58(93-67(104)65(94-72(107)113-9)75(4,5)77(83,84)85)27-44-18-15-43(16-19-44)17-20-45-33-90-71(91-34-45)98-36-49-21-22-50(37-98)101(49)51-40-115-41-51/h11-16,18-19,23-26,28-29,33-35,49-51,58-59,61,65-66,70,89H,21-22,27,30-32,36-41H2,1-10H3,(H,92,102)(H,93,104)(H,94,107)(H,95,108)(H,97,105)(H2,109,110,111)/t49?,50?,58-,59?,61-,65+,66+/m0/s1. The highest BCUT2D eigenvalue weighted by Crippen LogP contribution is 2.47. The second kappa shape index (κ2) is 36.5. The molecule has 10 rings (SSSR count). The van der Waals surface area contributed by atoms with Crippen molar-refractivity contribution in [1.82, 2.24) is 61.3 Å². The number of anilines is 1. The molecule has 636 valence electrons. The average molecular weight is 1680 g/mol. The summed E-state index contributed by atoms with van der Waals surface area (Å²) in [4.78, 5) is 137. The molecule has 7 atom stereocenters. The van der Waals surface area contributed by atoms with E-state index in [4.69, 9.17) is 18.7 Å². The van der Waals surface area contributed by atoms with Gasteiger partial charge in [-0.1, -0.05) is 62.1 Å². The van der Waals surface area contributed by atoms with Crippen LogP contribution in [-0.2, 0) is 83.4 Å². The van der Waals surface area contributed by atoms with Crippen LogP contribution >= 0.6 is 7.82 Å². The number of piperazine rings is 1. The van der Waals surface area contributed by atoms with Crippen LogP contribution in [0.5, 0.6) is 5.75 Å². The number of rotatable bonds is 31. The van der Waals surface area contributed by atoms with Crippen molar-refractivity contribution >= 4 is 66.5 Å². The fourth-order valence-electron chi connectivity index (χ4n) is 14.5. The van der Waals surface area contributed by atoms with Crippen LogP contribution in [0.15, 0.2) is 104 Å². The Hall–Kier alpha value is -10.9. The van der Waals surface area contributed by atoms with Gasteiger partial charge in [-0.25, -0.2) is 47.4 Å². The topological polar surface area (TPSA) is 362 Å². The number of ether oxygens (including phenoxy) is 5. The monoisotopic (exact) mass is 1680 g/mol. The summed E-state index contributed by atoms with van der Waals surface area (Å²) in [5, 5.41) is 13.4. The van der Waals surface area contributed by atoms with Gasteiger partial charge < -0.3 is 59.4 Å². The Morgan fingerprint density at radius 1 is 0.729 bits per heavy atom. The number of hydrazine groups is 1. The molecular weight excluding hydrogens is 1600 g/mol. The van der Waals surface area contributed by atoms with Gasteiger partial charge in [0.05, 0.1) is 88.1 Å². The highest BCUT2D eigenvalue weighted by Gasteiger charge is 2.58. The highest BCUT2D eigenvalue weighted by atomic mass is 31.2. The number of fused-ring (bicyclic) bond motifs is 3. The van der Waals surface area contributed by atoms with Crippen molar-refractivity contribution in [3.8, 4) is 28.8 Å². The number of halogens is 10. The Morgan fingerprint density at radius 2 is 1.32 bits per heavy atom. The lowest BCUT2D eigenvalue weighted by atomic mass is 9.77. The number of amides is 5. The van der Waals surface area contributed by atoms with Gasteiger partial charge in [-0.15, -0.1) is 0 Å². The quantitative estimate of drug-likeness (QED) is 0.00500. The number of carbonyl (C=O) groups is 7. The van der Waals surface area contributed by atoms with Gasteiger partial charge in [-0.2, -0.15) is 40.2 Å². The van der Waals surface area contributed by atoms with Crippen LogP contribution in [0.3, 0.4) is 0 Å². The summed E-state index contributed by atoms with van der Waals surface area (Å²) in [6, 6.07) is 9.39. The molecule has 3 aromatic heterocycles. The molecule has 3 fully saturated rings. The average Bonchev–Trinajstić information content (AvgIpc) is 1.17. The SMILES string of the molecule is COC(=O)N[C@H](C(=O)N[C@@H](Cc1ccc(C#Cc2cnc(N3CC4CCC(C3)N4C3COC3)nc2)cc1)[C@H](CN(Cc1c(F)cc(-c2ccn(C(F)F)n2)cc1F)NC(=O)[C@@H](NC(=O)OC)C(C)(C)C(F)(F)F)OC(=O)CC(C)(C)c1c(CC(=O)NC(Cc2c[nH]c3ccccc23)C(=O)OC)cc(C)cc1OP(=O)(O)O)C(C)(C)C(F)(F)F. The van der Waals surface area contributed by atoms with E-state index in [9.17, 15) is 47.1 Å². The van der Waals surface area contributed by atoms with Crippen molar-refractivity contribution in [2.75, 3.05) is 59.1 Å². The van der Waals surface area contributed by atoms with Crippen LogP contribution in [0.4, 0.5) is 59.4 Å². The van der Waals surface area contributed by atoms with Crippen LogP contribution in [0, 0.1) is 41.2 Å². The molecule has 0 spiro atoms. The first kappa shape index (κ1) is 89.4. The minimum atomic E-state index is -5.63. The second-order valence-electron chi connectivity index (χ2n) is 30.6. The Kier molecular flexibility index (Phi) is 27.7. The molecule has 4 aromatic carbocycles. The van der Waals surface area contributed by atoms with E-state index < -0.39 is 182 Å². The van der Waals surface area contributed by atoms with Gasteiger partial charge in [0.15, 0.2) is 0 Å². The molecular formula is C78H88F10N13O16P. The molecule has 29 nitrogen and oxygen atoms in total. The van der Waals surface area contributed by atoms with Gasteiger partial charge >= 0.3 is 50.8 Å². The zero-order valence-corrected chi connectivity index (χ0v) is 66.4. The molecule has 3 aliphatic heterocycles. The molecule has 8 N–H and O–H groups in total. The number of alkyl halides is 8. The Bertz CT molecular complexity index is 4910. The van der Waals surface area contributed by atoms with Crippen LogP contribution in [0.1, 0.15) is 112 Å². The molecule has 2 bridgehead atoms. The van der Waals surface area contributed by atoms with Gasteiger partial charge in [-0.3, -0.25) is 39.3 Å². The number of para-hydroxylation sites is 1. The maximum Gasteiger partial charge on any atom is 0.524 e. The van der Waals surface area contributed by atoms with E-state index in [0.717, 1.165) is 52.5 Å². The zero-order chi connectivity index (χ0) is 86.3. The summed E-state index contributed by atoms with van der Waals surface area (Å²) in [7, 11) is -3.06. The molecule has 40 heteroatoms. The number of aromatic nitrogens is 5. The third-order valence-corrected chi connectivity index (χ3v) is 21.4. The van der Waals surface area contributed by atoms with Gasteiger partial charge in [0, 0.05) is 101 Å². The minimum Gasteiger partial charge on any atom is -0.467 e. The van der Waals surface area contributed by atoms with Gasteiger partial charge in [0.2, 0.25) is 17.8 Å². The first-order valence-electron chi connectivity index (χ1n) is 36.9. The normalized spacial score (nSPS) is 16.8. The molecule has 0 radical (unpaired) electrons. The molecule has 118 heavy (non-hydrogen) atoms. The number of methoxy groups -OCH3 is 3. The lowest BCUT2D eigenvalue weighted by Crippen LogP contribution is -2.64. The molecule has 3 unspecified atom stereocenters. The van der Waals surface area contributed by atoms with Crippen LogP contribution < -0.4 is 36.1 Å². The Balaban J connectivity index is 1.08. The zero-order valence-electron chi connectivity index (χ0n) is 65.5. The highest BCUT2D eigenvalue weighted by molar-refractivity contribution is 7.46. The number of aromatic amines is 1. The number of nitrogens with zero attached hydrogens (tertiary/aromatic N) is 7. The number of benzene rings is 4. The number of aryl methyl sites for hydroxylation is 1. The molecule has 3 aliphatic rings. The van der Waals surface area contributed by atoms with Crippen molar-refractivity contribution < 1.29 is 120 Å². The first-order chi connectivity index (χ1) is 55.4. The first-order valence-corrected chi connectivity index (χ1v) is 38.4. The largest absolute Gasteiger partial charge is 0.524 e. The van der Waals surface area contributed by atoms with E-state index >= 15 is 44.7 Å².